The van der Waals surface area contributed by atoms with Crippen LogP contribution in [0.1, 0.15) is 55.4 Å². The molecule has 0 radical (unpaired) electrons. The third-order valence-corrected chi connectivity index (χ3v) is 3.58. The largest absolute Gasteiger partial charge is 1.00 e. The van der Waals surface area contributed by atoms with E-state index < -0.39 is 0 Å². The molecule has 0 amide bonds. The summed E-state index contributed by atoms with van der Waals surface area (Å²) in [6.07, 6.45) is 0. The van der Waals surface area contributed by atoms with Crippen molar-refractivity contribution in [1.29, 1.82) is 0 Å². The van der Waals surface area contributed by atoms with Crippen molar-refractivity contribution in [3.05, 3.63) is 0 Å². The first-order chi connectivity index (χ1) is 5.77. The molecule has 0 aromatic heterocycles. The first-order valence-corrected chi connectivity index (χ1v) is 5.65. The third-order valence-electron chi connectivity index (χ3n) is 3.58. The molecule has 0 saturated carbocycles. The van der Waals surface area contributed by atoms with E-state index in [1.807, 2.05) is 0 Å². The van der Waals surface area contributed by atoms with Gasteiger partial charge in [-0.25, -0.2) is 0 Å². The van der Waals surface area contributed by atoms with Crippen LogP contribution in [0.15, 0.2) is 0 Å². The predicted molar refractivity (Wildman–Crippen MR) is 60.8 cm³/mol. The van der Waals surface area contributed by atoms with Crippen molar-refractivity contribution in [2.75, 3.05) is 0 Å². The molecular formula is C12H28BrN. The van der Waals surface area contributed by atoms with Crippen molar-refractivity contribution in [2.45, 2.75) is 79.6 Å². The van der Waals surface area contributed by atoms with Crippen molar-refractivity contribution >= 4 is 0 Å². The summed E-state index contributed by atoms with van der Waals surface area (Å²) < 4.78 is 1.22. The highest BCUT2D eigenvalue weighted by Crippen LogP contribution is 2.28. The van der Waals surface area contributed by atoms with Gasteiger partial charge in [-0.1, -0.05) is 0 Å². The van der Waals surface area contributed by atoms with Crippen LogP contribution in [0.4, 0.5) is 0 Å². The fraction of sp³-hybridized carbons (Fsp3) is 1.00. The Morgan fingerprint density at radius 2 is 0.643 bits per heavy atom. The molecule has 0 aliphatic heterocycles. The lowest BCUT2D eigenvalue weighted by Crippen LogP contribution is -3.00. The molecule has 0 bridgehead atoms. The molecular weight excluding hydrogens is 238 g/mol. The van der Waals surface area contributed by atoms with E-state index in [-0.39, 0.29) is 17.0 Å². The first-order valence-electron chi connectivity index (χ1n) is 5.65. The monoisotopic (exact) mass is 265 g/mol. The van der Waals surface area contributed by atoms with Crippen LogP contribution in [-0.2, 0) is 0 Å². The topological polar surface area (TPSA) is 0 Å². The fourth-order valence-electron chi connectivity index (χ4n) is 3.58. The molecule has 0 aromatic carbocycles. The lowest BCUT2D eigenvalue weighted by molar-refractivity contribution is -1.00. The third kappa shape index (κ3) is 2.73. The fourth-order valence-corrected chi connectivity index (χ4v) is 3.58. The number of hydrogen-bond acceptors (Lipinski definition) is 0. The summed E-state index contributed by atoms with van der Waals surface area (Å²) in [5, 5.41) is 0. The maximum Gasteiger partial charge on any atom is 0.0839 e. The minimum Gasteiger partial charge on any atom is -1.00 e. The summed E-state index contributed by atoms with van der Waals surface area (Å²) in [4.78, 5) is 0. The zero-order chi connectivity index (χ0) is 10.8. The second-order valence-electron chi connectivity index (χ2n) is 5.27. The van der Waals surface area contributed by atoms with Gasteiger partial charge in [-0.3, -0.25) is 0 Å². The SMILES string of the molecule is CC(C)[N+](C(C)C)(C(C)C)C(C)C.[Br-]. The molecule has 0 N–H and O–H groups in total. The lowest BCUT2D eigenvalue weighted by atomic mass is 10.0. The Kier molecular flexibility index (Phi) is 7.36. The molecule has 14 heavy (non-hydrogen) atoms. The van der Waals surface area contributed by atoms with E-state index in [9.17, 15) is 0 Å². The highest BCUT2D eigenvalue weighted by atomic mass is 79.9. The Hall–Kier alpha value is 0.440. The molecule has 0 fully saturated rings. The van der Waals surface area contributed by atoms with Crippen molar-refractivity contribution in [3.8, 4) is 0 Å². The van der Waals surface area contributed by atoms with Gasteiger partial charge >= 0.3 is 0 Å². The van der Waals surface area contributed by atoms with Gasteiger partial charge in [-0.05, 0) is 55.4 Å². The number of halogens is 1. The van der Waals surface area contributed by atoms with Crippen LogP contribution in [0.3, 0.4) is 0 Å². The highest BCUT2D eigenvalue weighted by Gasteiger charge is 2.40. The molecule has 0 unspecified atom stereocenters. The minimum absolute atomic E-state index is 0. The van der Waals surface area contributed by atoms with E-state index >= 15 is 0 Å². The van der Waals surface area contributed by atoms with Crippen LogP contribution in [-0.4, -0.2) is 28.7 Å². The van der Waals surface area contributed by atoms with Crippen LogP contribution < -0.4 is 17.0 Å². The van der Waals surface area contributed by atoms with Gasteiger partial charge in [0.2, 0.25) is 0 Å². The average molecular weight is 266 g/mol. The molecule has 0 heterocycles. The van der Waals surface area contributed by atoms with Crippen molar-refractivity contribution in [3.63, 3.8) is 0 Å². The smallest absolute Gasteiger partial charge is 0.0839 e. The summed E-state index contributed by atoms with van der Waals surface area (Å²) >= 11 is 0. The van der Waals surface area contributed by atoms with Crippen LogP contribution in [0.2, 0.25) is 0 Å². The number of hydrogen-bond donors (Lipinski definition) is 0. The molecule has 0 spiro atoms. The average Bonchev–Trinajstić information content (AvgIpc) is 1.82. The Balaban J connectivity index is 0. The van der Waals surface area contributed by atoms with Gasteiger partial charge in [0.1, 0.15) is 0 Å². The minimum atomic E-state index is 0. The first kappa shape index (κ1) is 16.9. The highest BCUT2D eigenvalue weighted by molar-refractivity contribution is 4.61. The van der Waals surface area contributed by atoms with Gasteiger partial charge in [-0.15, -0.1) is 0 Å². The Morgan fingerprint density at radius 1 is 0.500 bits per heavy atom. The van der Waals surface area contributed by atoms with E-state index in [1.165, 1.54) is 4.48 Å². The summed E-state index contributed by atoms with van der Waals surface area (Å²) in [7, 11) is 0. The Morgan fingerprint density at radius 3 is 0.643 bits per heavy atom. The van der Waals surface area contributed by atoms with Crippen molar-refractivity contribution in [1.82, 2.24) is 0 Å². The van der Waals surface area contributed by atoms with E-state index in [4.69, 9.17) is 0 Å². The van der Waals surface area contributed by atoms with Gasteiger partial charge in [0.25, 0.3) is 0 Å². The molecule has 0 aromatic rings. The molecule has 1 nitrogen and oxygen atoms in total. The van der Waals surface area contributed by atoms with Gasteiger partial charge in [0.05, 0.1) is 24.2 Å². The van der Waals surface area contributed by atoms with Crippen LogP contribution in [0.25, 0.3) is 0 Å². The number of nitrogens with zero attached hydrogens (tertiary/aromatic N) is 1. The van der Waals surface area contributed by atoms with Gasteiger partial charge < -0.3 is 21.5 Å². The molecule has 0 aliphatic carbocycles. The molecule has 2 heteroatoms. The maximum atomic E-state index is 2.35. The van der Waals surface area contributed by atoms with E-state index in [1.54, 1.807) is 0 Å². The van der Waals surface area contributed by atoms with E-state index in [0.717, 1.165) is 0 Å². The zero-order valence-electron chi connectivity index (χ0n) is 11.1. The molecule has 88 valence electrons. The summed E-state index contributed by atoms with van der Waals surface area (Å²) in [6.45, 7) is 18.8. The second-order valence-corrected chi connectivity index (χ2v) is 5.27. The number of quaternary nitrogens is 1. The lowest BCUT2D eigenvalue weighted by Gasteiger charge is -2.52. The zero-order valence-corrected chi connectivity index (χ0v) is 12.7. The van der Waals surface area contributed by atoms with Crippen LogP contribution in [0, 0.1) is 0 Å². The predicted octanol–water partition coefficient (Wildman–Crippen LogP) is 0.441. The normalized spacial score (nSPS) is 12.9. The van der Waals surface area contributed by atoms with Gasteiger partial charge in [0, 0.05) is 0 Å². The van der Waals surface area contributed by atoms with E-state index in [0.29, 0.717) is 24.2 Å². The van der Waals surface area contributed by atoms with Crippen molar-refractivity contribution in [2.24, 2.45) is 0 Å². The Bertz CT molecular complexity index is 113. The summed E-state index contributed by atoms with van der Waals surface area (Å²) in [5.41, 5.74) is 0. The molecule has 0 aliphatic rings. The quantitative estimate of drug-likeness (QED) is 0.648. The van der Waals surface area contributed by atoms with Crippen LogP contribution >= 0.6 is 0 Å². The number of rotatable bonds is 4. The summed E-state index contributed by atoms with van der Waals surface area (Å²) in [6, 6.07) is 2.83. The second kappa shape index (κ2) is 6.12. The standard InChI is InChI=1S/C12H28N.BrH/c1-9(2)13(10(3)4,11(5)6)12(7)8;/h9-12H,1-8H3;1H/q+1;/p-1. The van der Waals surface area contributed by atoms with Gasteiger partial charge in [-0.2, -0.15) is 0 Å². The van der Waals surface area contributed by atoms with Crippen LogP contribution in [0.5, 0.6) is 0 Å². The maximum absolute atomic E-state index is 2.35. The molecule has 0 saturated heterocycles. The molecule has 0 atom stereocenters. The molecule has 0 rings (SSSR count). The summed E-state index contributed by atoms with van der Waals surface area (Å²) in [5.74, 6) is 0. The van der Waals surface area contributed by atoms with E-state index in [2.05, 4.69) is 55.4 Å². The van der Waals surface area contributed by atoms with Gasteiger partial charge in [0.15, 0.2) is 0 Å². The van der Waals surface area contributed by atoms with Crippen molar-refractivity contribution < 1.29 is 21.5 Å². The Labute approximate surface area is 101 Å².